The molecule has 3 unspecified atom stereocenters. The Kier molecular flexibility index (Phi) is 2.82. The van der Waals surface area contributed by atoms with Gasteiger partial charge in [0.1, 0.15) is 6.33 Å². The van der Waals surface area contributed by atoms with Crippen LogP contribution in [0.3, 0.4) is 0 Å². The number of hydrogen-bond acceptors (Lipinski definition) is 4. The van der Waals surface area contributed by atoms with Crippen LogP contribution in [0.2, 0.25) is 5.15 Å². The highest BCUT2D eigenvalue weighted by atomic mass is 35.5. The van der Waals surface area contributed by atoms with Crippen LogP contribution in [0, 0.1) is 11.8 Å². The van der Waals surface area contributed by atoms with Crippen LogP contribution in [-0.4, -0.2) is 23.1 Å². The summed E-state index contributed by atoms with van der Waals surface area (Å²) in [5.41, 5.74) is 0. The third-order valence-electron chi connectivity index (χ3n) is 4.02. The van der Waals surface area contributed by atoms with E-state index in [0.29, 0.717) is 16.9 Å². The van der Waals surface area contributed by atoms with Gasteiger partial charge in [-0.1, -0.05) is 18.0 Å². The van der Waals surface area contributed by atoms with Crippen molar-refractivity contribution in [1.82, 2.24) is 9.97 Å². The maximum atomic E-state index is 5.98. The molecular weight excluding hydrogens is 238 g/mol. The lowest BCUT2D eigenvalue weighted by atomic mass is 9.95. The van der Waals surface area contributed by atoms with E-state index in [4.69, 9.17) is 16.3 Å². The van der Waals surface area contributed by atoms with E-state index in [9.17, 15) is 0 Å². The number of halogens is 1. The lowest BCUT2D eigenvalue weighted by Gasteiger charge is -2.24. The lowest BCUT2D eigenvalue weighted by Crippen LogP contribution is -2.26. The van der Waals surface area contributed by atoms with Crippen molar-refractivity contribution in [3.8, 4) is 5.75 Å². The summed E-state index contributed by atoms with van der Waals surface area (Å²) >= 11 is 5.98. The Bertz CT molecular complexity index is 426. The van der Waals surface area contributed by atoms with Gasteiger partial charge >= 0.3 is 0 Å². The van der Waals surface area contributed by atoms with Crippen molar-refractivity contribution in [2.45, 2.75) is 31.7 Å². The monoisotopic (exact) mass is 253 g/mol. The molecular formula is C12H16ClN3O. The van der Waals surface area contributed by atoms with Crippen molar-refractivity contribution in [1.29, 1.82) is 0 Å². The van der Waals surface area contributed by atoms with Crippen LogP contribution in [0.5, 0.6) is 5.75 Å². The number of methoxy groups -OCH3 is 1. The van der Waals surface area contributed by atoms with Gasteiger partial charge in [-0.15, -0.1) is 0 Å². The summed E-state index contributed by atoms with van der Waals surface area (Å²) in [7, 11) is 1.59. The van der Waals surface area contributed by atoms with Crippen molar-refractivity contribution in [2.75, 3.05) is 12.4 Å². The molecule has 92 valence electrons. The molecule has 1 aromatic heterocycles. The number of aromatic nitrogens is 2. The average molecular weight is 254 g/mol. The van der Waals surface area contributed by atoms with Crippen LogP contribution in [0.25, 0.3) is 0 Å². The first-order chi connectivity index (χ1) is 8.28. The van der Waals surface area contributed by atoms with Crippen LogP contribution < -0.4 is 10.1 Å². The molecule has 3 atom stereocenters. The molecule has 1 N–H and O–H groups in total. The Hall–Kier alpha value is -1.03. The molecule has 1 aromatic rings. The van der Waals surface area contributed by atoms with Crippen LogP contribution in [-0.2, 0) is 0 Å². The van der Waals surface area contributed by atoms with Gasteiger partial charge < -0.3 is 10.1 Å². The van der Waals surface area contributed by atoms with Crippen LogP contribution >= 0.6 is 11.6 Å². The summed E-state index contributed by atoms with van der Waals surface area (Å²) in [5.74, 6) is 2.97. The normalized spacial score (nSPS) is 30.6. The third kappa shape index (κ3) is 1.95. The van der Waals surface area contributed by atoms with Crippen molar-refractivity contribution in [3.05, 3.63) is 11.5 Å². The van der Waals surface area contributed by atoms with Gasteiger partial charge in [0.2, 0.25) is 0 Å². The van der Waals surface area contributed by atoms with Gasteiger partial charge in [0.15, 0.2) is 16.7 Å². The van der Waals surface area contributed by atoms with Crippen molar-refractivity contribution in [3.63, 3.8) is 0 Å². The highest BCUT2D eigenvalue weighted by molar-refractivity contribution is 6.31. The topological polar surface area (TPSA) is 47.0 Å². The molecule has 2 aliphatic carbocycles. The summed E-state index contributed by atoms with van der Waals surface area (Å²) in [6.07, 6.45) is 6.81. The van der Waals surface area contributed by atoms with Crippen LogP contribution in [0.15, 0.2) is 6.33 Å². The maximum Gasteiger partial charge on any atom is 0.198 e. The number of anilines is 1. The molecule has 2 aliphatic rings. The lowest BCUT2D eigenvalue weighted by molar-refractivity contribution is 0.406. The molecule has 3 rings (SSSR count). The second kappa shape index (κ2) is 4.33. The van der Waals surface area contributed by atoms with E-state index in [0.717, 1.165) is 17.7 Å². The van der Waals surface area contributed by atoms with Crippen molar-refractivity contribution >= 4 is 17.4 Å². The van der Waals surface area contributed by atoms with E-state index >= 15 is 0 Å². The minimum absolute atomic E-state index is 0.369. The Morgan fingerprint density at radius 3 is 2.88 bits per heavy atom. The predicted octanol–water partition coefficient (Wildman–Crippen LogP) is 2.74. The summed E-state index contributed by atoms with van der Waals surface area (Å²) in [6, 6.07) is 0.522. The quantitative estimate of drug-likeness (QED) is 0.842. The zero-order chi connectivity index (χ0) is 11.8. The molecule has 2 fully saturated rings. The number of hydrogen-bond donors (Lipinski definition) is 1. The van der Waals surface area contributed by atoms with Crippen LogP contribution in [0.4, 0.5) is 5.82 Å². The average Bonchev–Trinajstić information content (AvgIpc) is 2.91. The first-order valence-electron chi connectivity index (χ1n) is 6.09. The van der Waals surface area contributed by atoms with Gasteiger partial charge in [0.05, 0.1) is 7.11 Å². The van der Waals surface area contributed by atoms with Gasteiger partial charge in [-0.2, -0.15) is 0 Å². The predicted molar refractivity (Wildman–Crippen MR) is 66.5 cm³/mol. The van der Waals surface area contributed by atoms with E-state index in [1.807, 2.05) is 0 Å². The smallest absolute Gasteiger partial charge is 0.198 e. The Morgan fingerprint density at radius 1 is 1.35 bits per heavy atom. The van der Waals surface area contributed by atoms with Gasteiger partial charge in [-0.05, 0) is 31.1 Å². The minimum atomic E-state index is 0.369. The van der Waals surface area contributed by atoms with E-state index in [1.165, 1.54) is 32.0 Å². The van der Waals surface area contributed by atoms with Crippen molar-refractivity contribution < 1.29 is 4.74 Å². The molecule has 0 saturated heterocycles. The SMILES string of the molecule is COc1c(Cl)ncnc1NC1CC2CCC1C2. The Morgan fingerprint density at radius 2 is 2.24 bits per heavy atom. The molecule has 2 saturated carbocycles. The number of fused-ring (bicyclic) bond motifs is 2. The fourth-order valence-corrected chi connectivity index (χ4v) is 3.44. The molecule has 4 nitrogen and oxygen atoms in total. The number of ether oxygens (including phenoxy) is 1. The van der Waals surface area contributed by atoms with E-state index in [1.54, 1.807) is 7.11 Å². The van der Waals surface area contributed by atoms with Gasteiger partial charge in [0, 0.05) is 6.04 Å². The summed E-state index contributed by atoms with van der Waals surface area (Å²) < 4.78 is 5.25. The molecule has 17 heavy (non-hydrogen) atoms. The third-order valence-corrected chi connectivity index (χ3v) is 4.29. The first kappa shape index (κ1) is 11.1. The highest BCUT2D eigenvalue weighted by Crippen LogP contribution is 2.46. The fourth-order valence-electron chi connectivity index (χ4n) is 3.23. The number of nitrogens with one attached hydrogen (secondary N) is 1. The molecule has 0 aliphatic heterocycles. The highest BCUT2D eigenvalue weighted by Gasteiger charge is 2.39. The molecule has 0 amide bonds. The zero-order valence-corrected chi connectivity index (χ0v) is 10.6. The number of nitrogens with zero attached hydrogens (tertiary/aromatic N) is 2. The van der Waals surface area contributed by atoms with Gasteiger partial charge in [0.25, 0.3) is 0 Å². The molecule has 0 radical (unpaired) electrons. The molecule has 0 aromatic carbocycles. The van der Waals surface area contributed by atoms with E-state index in [2.05, 4.69) is 15.3 Å². The van der Waals surface area contributed by atoms with Gasteiger partial charge in [-0.25, -0.2) is 9.97 Å². The molecule has 1 heterocycles. The van der Waals surface area contributed by atoms with Crippen molar-refractivity contribution in [2.24, 2.45) is 11.8 Å². The van der Waals surface area contributed by atoms with E-state index in [-0.39, 0.29) is 0 Å². The second-order valence-electron chi connectivity index (χ2n) is 4.97. The fraction of sp³-hybridized carbons (Fsp3) is 0.667. The molecule has 0 spiro atoms. The summed E-state index contributed by atoms with van der Waals surface area (Å²) in [6.45, 7) is 0. The zero-order valence-electron chi connectivity index (χ0n) is 9.82. The Labute approximate surface area is 106 Å². The largest absolute Gasteiger partial charge is 0.490 e. The minimum Gasteiger partial charge on any atom is -0.490 e. The van der Waals surface area contributed by atoms with E-state index < -0.39 is 0 Å². The molecule has 5 heteroatoms. The molecule has 2 bridgehead atoms. The summed E-state index contributed by atoms with van der Waals surface area (Å²) in [4.78, 5) is 8.15. The first-order valence-corrected chi connectivity index (χ1v) is 6.46. The second-order valence-corrected chi connectivity index (χ2v) is 5.33. The van der Waals surface area contributed by atoms with Gasteiger partial charge in [-0.3, -0.25) is 0 Å². The standard InChI is InChI=1S/C12H16ClN3O/c1-17-10-11(13)14-6-15-12(10)16-9-5-7-2-3-8(9)4-7/h6-9H,2-5H2,1H3,(H,14,15,16). The maximum absolute atomic E-state index is 5.98. The number of rotatable bonds is 3. The van der Waals surface area contributed by atoms with Crippen LogP contribution in [0.1, 0.15) is 25.7 Å². The summed E-state index contributed by atoms with van der Waals surface area (Å²) in [5, 5.41) is 3.84. The Balaban J connectivity index is 1.79.